The summed E-state index contributed by atoms with van der Waals surface area (Å²) in [6.45, 7) is 1.41. The van der Waals surface area contributed by atoms with Crippen LogP contribution in [0.4, 0.5) is 11.4 Å². The van der Waals surface area contributed by atoms with Crippen LogP contribution in [0, 0.1) is 10.1 Å². The number of rotatable bonds is 8. The highest BCUT2D eigenvalue weighted by Gasteiger charge is 2.14. The van der Waals surface area contributed by atoms with Crippen molar-refractivity contribution in [1.82, 2.24) is 0 Å². The molecule has 0 aromatic heterocycles. The van der Waals surface area contributed by atoms with Gasteiger partial charge in [-0.05, 0) is 48.9 Å². The molecule has 2 aromatic carbocycles. The van der Waals surface area contributed by atoms with Gasteiger partial charge in [-0.1, -0.05) is 12.1 Å². The smallest absolute Gasteiger partial charge is 0.344 e. The van der Waals surface area contributed by atoms with E-state index in [1.54, 1.807) is 19.2 Å². The molecule has 8 nitrogen and oxygen atoms in total. The molecule has 2 N–H and O–H groups in total. The number of carbonyl (C=O) groups is 2. The molecule has 8 heteroatoms. The normalized spacial score (nSPS) is 11.8. The number of carbonyl (C=O) groups excluding carboxylic acids is 1. The molecule has 0 aliphatic heterocycles. The summed E-state index contributed by atoms with van der Waals surface area (Å²) in [5.74, 6) is -1.05. The number of carboxylic acid groups (broad SMARTS) is 1. The quantitative estimate of drug-likeness (QED) is 0.316. The first-order valence-electron chi connectivity index (χ1n) is 8.00. The van der Waals surface area contributed by atoms with E-state index < -0.39 is 17.0 Å². The Hall–Kier alpha value is -3.68. The summed E-state index contributed by atoms with van der Waals surface area (Å²) in [5, 5.41) is 22.6. The fourth-order valence-electron chi connectivity index (χ4n) is 2.24. The van der Waals surface area contributed by atoms with Gasteiger partial charge in [-0.2, -0.15) is 0 Å². The third-order valence-electron chi connectivity index (χ3n) is 3.71. The number of hydrogen-bond acceptors (Lipinski definition) is 6. The molecule has 0 aliphatic carbocycles. The van der Waals surface area contributed by atoms with E-state index in [0.717, 1.165) is 0 Å². The van der Waals surface area contributed by atoms with E-state index in [0.29, 0.717) is 22.6 Å². The number of carboxylic acids is 1. The van der Waals surface area contributed by atoms with E-state index in [4.69, 9.17) is 9.84 Å². The van der Waals surface area contributed by atoms with Gasteiger partial charge in [0.25, 0.3) is 5.69 Å². The number of ketones is 1. The van der Waals surface area contributed by atoms with E-state index in [1.807, 2.05) is 0 Å². The zero-order valence-electron chi connectivity index (χ0n) is 14.7. The van der Waals surface area contributed by atoms with Crippen molar-refractivity contribution in [1.29, 1.82) is 0 Å². The van der Waals surface area contributed by atoms with Gasteiger partial charge in [0, 0.05) is 18.7 Å². The molecule has 2 rings (SSSR count). The molecule has 0 radical (unpaired) electrons. The third-order valence-corrected chi connectivity index (χ3v) is 3.71. The zero-order valence-corrected chi connectivity index (χ0v) is 14.7. The van der Waals surface area contributed by atoms with Crippen molar-refractivity contribution in [3.63, 3.8) is 0 Å². The molecule has 0 saturated carbocycles. The average Bonchev–Trinajstić information content (AvgIpc) is 2.66. The maximum atomic E-state index is 12.2. The molecule has 0 heterocycles. The predicted molar refractivity (Wildman–Crippen MR) is 100 cm³/mol. The monoisotopic (exact) mass is 370 g/mol. The molecular formula is C19H18N2O6. The number of nitrogens with one attached hydrogen (secondary N) is 1. The van der Waals surface area contributed by atoms with Crippen LogP contribution in [0.5, 0.6) is 5.75 Å². The first kappa shape index (κ1) is 19.6. The number of allylic oxidation sites excluding steroid dienone is 1. The number of hydrogen-bond donors (Lipinski definition) is 2. The van der Waals surface area contributed by atoms with Crippen LogP contribution in [0.2, 0.25) is 0 Å². The van der Waals surface area contributed by atoms with Gasteiger partial charge >= 0.3 is 5.97 Å². The lowest BCUT2D eigenvalue weighted by atomic mass is 10.1. The summed E-state index contributed by atoms with van der Waals surface area (Å²) in [5.41, 5.74) is 1.20. The van der Waals surface area contributed by atoms with Crippen molar-refractivity contribution < 1.29 is 24.4 Å². The SMILES string of the molecule is CNc1ccc(C=CC(=O)c2ccc(OC(C)C(=O)O)cc2)cc1[N+](=O)[O-]. The van der Waals surface area contributed by atoms with Crippen LogP contribution in [0.25, 0.3) is 6.08 Å². The first-order valence-corrected chi connectivity index (χ1v) is 8.00. The Bertz CT molecular complexity index is 890. The Morgan fingerprint density at radius 3 is 2.44 bits per heavy atom. The highest BCUT2D eigenvalue weighted by Crippen LogP contribution is 2.25. The van der Waals surface area contributed by atoms with Crippen LogP contribution in [-0.2, 0) is 4.79 Å². The van der Waals surface area contributed by atoms with E-state index in [2.05, 4.69) is 5.32 Å². The second-order valence-corrected chi connectivity index (χ2v) is 5.60. The summed E-state index contributed by atoms with van der Waals surface area (Å²) in [4.78, 5) is 33.6. The fourth-order valence-corrected chi connectivity index (χ4v) is 2.24. The van der Waals surface area contributed by atoms with Crippen LogP contribution in [0.1, 0.15) is 22.8 Å². The highest BCUT2D eigenvalue weighted by atomic mass is 16.6. The molecule has 1 atom stereocenters. The molecule has 0 spiro atoms. The molecule has 0 bridgehead atoms. The zero-order chi connectivity index (χ0) is 20.0. The van der Waals surface area contributed by atoms with Gasteiger partial charge in [0.15, 0.2) is 11.9 Å². The number of nitro benzene ring substituents is 1. The van der Waals surface area contributed by atoms with Crippen LogP contribution in [-0.4, -0.2) is 34.9 Å². The highest BCUT2D eigenvalue weighted by molar-refractivity contribution is 6.06. The second kappa shape index (κ2) is 8.61. The van der Waals surface area contributed by atoms with Crippen molar-refractivity contribution in [2.24, 2.45) is 0 Å². The van der Waals surface area contributed by atoms with Gasteiger partial charge in [-0.3, -0.25) is 14.9 Å². The number of nitro groups is 1. The summed E-state index contributed by atoms with van der Waals surface area (Å²) >= 11 is 0. The van der Waals surface area contributed by atoms with Gasteiger partial charge in [0.2, 0.25) is 0 Å². The van der Waals surface area contributed by atoms with Crippen LogP contribution in [0.15, 0.2) is 48.5 Å². The van der Waals surface area contributed by atoms with E-state index >= 15 is 0 Å². The molecule has 140 valence electrons. The summed E-state index contributed by atoms with van der Waals surface area (Å²) in [7, 11) is 1.59. The standard InChI is InChI=1S/C19H18N2O6/c1-12(19(23)24)27-15-7-5-14(6-8-15)18(22)10-4-13-3-9-16(20-2)17(11-13)21(25)26/h3-12,20H,1-2H3,(H,23,24). The number of aliphatic carboxylic acids is 1. The Kier molecular flexibility index (Phi) is 6.27. The lowest BCUT2D eigenvalue weighted by Gasteiger charge is -2.10. The predicted octanol–water partition coefficient (Wildman–Crippen LogP) is 3.38. The van der Waals surface area contributed by atoms with Crippen molar-refractivity contribution in [3.05, 3.63) is 69.8 Å². The molecule has 0 aliphatic rings. The van der Waals surface area contributed by atoms with Gasteiger partial charge in [0.05, 0.1) is 4.92 Å². The minimum atomic E-state index is -1.09. The van der Waals surface area contributed by atoms with E-state index in [9.17, 15) is 19.7 Å². The Balaban J connectivity index is 2.11. The Morgan fingerprint density at radius 2 is 1.89 bits per heavy atom. The van der Waals surface area contributed by atoms with Gasteiger partial charge in [0.1, 0.15) is 11.4 Å². The molecular weight excluding hydrogens is 352 g/mol. The van der Waals surface area contributed by atoms with Gasteiger partial charge in [-0.25, -0.2) is 4.79 Å². The Labute approximate surface area is 155 Å². The molecule has 1 unspecified atom stereocenters. The molecule has 0 saturated heterocycles. The maximum Gasteiger partial charge on any atom is 0.344 e. The summed E-state index contributed by atoms with van der Waals surface area (Å²) in [6, 6.07) is 10.6. The van der Waals surface area contributed by atoms with E-state index in [-0.39, 0.29) is 11.5 Å². The minimum Gasteiger partial charge on any atom is -0.479 e. The van der Waals surface area contributed by atoms with Crippen molar-refractivity contribution in [2.45, 2.75) is 13.0 Å². The van der Waals surface area contributed by atoms with E-state index in [1.165, 1.54) is 49.4 Å². The van der Waals surface area contributed by atoms with Gasteiger partial charge < -0.3 is 15.2 Å². The number of anilines is 1. The second-order valence-electron chi connectivity index (χ2n) is 5.60. The minimum absolute atomic E-state index is 0.0823. The number of ether oxygens (including phenoxy) is 1. The van der Waals surface area contributed by atoms with Crippen LogP contribution >= 0.6 is 0 Å². The summed E-state index contributed by atoms with van der Waals surface area (Å²) in [6.07, 6.45) is 1.81. The molecule has 2 aromatic rings. The lowest BCUT2D eigenvalue weighted by molar-refractivity contribution is -0.384. The van der Waals surface area contributed by atoms with Crippen molar-refractivity contribution in [2.75, 3.05) is 12.4 Å². The van der Waals surface area contributed by atoms with Gasteiger partial charge in [-0.15, -0.1) is 0 Å². The fraction of sp³-hybridized carbons (Fsp3) is 0.158. The Morgan fingerprint density at radius 1 is 1.22 bits per heavy atom. The third kappa shape index (κ3) is 5.15. The summed E-state index contributed by atoms with van der Waals surface area (Å²) < 4.78 is 5.20. The molecule has 0 fully saturated rings. The van der Waals surface area contributed by atoms with Crippen molar-refractivity contribution >= 4 is 29.2 Å². The molecule has 27 heavy (non-hydrogen) atoms. The maximum absolute atomic E-state index is 12.2. The van der Waals surface area contributed by atoms with Crippen LogP contribution < -0.4 is 10.1 Å². The van der Waals surface area contributed by atoms with Crippen LogP contribution in [0.3, 0.4) is 0 Å². The average molecular weight is 370 g/mol. The topological polar surface area (TPSA) is 119 Å². The lowest BCUT2D eigenvalue weighted by Crippen LogP contribution is -2.22. The largest absolute Gasteiger partial charge is 0.479 e. The first-order chi connectivity index (χ1) is 12.8. The van der Waals surface area contributed by atoms with Crippen molar-refractivity contribution in [3.8, 4) is 5.75 Å². The number of nitrogens with zero attached hydrogens (tertiary/aromatic N) is 1. The number of benzene rings is 2. The molecule has 0 amide bonds.